The maximum atomic E-state index is 8.00. The van der Waals surface area contributed by atoms with Crippen LogP contribution in [0.3, 0.4) is 0 Å². The van der Waals surface area contributed by atoms with Gasteiger partial charge in [0.25, 0.3) is 0 Å². The first kappa shape index (κ1) is 38.1. The molecule has 0 heterocycles. The third kappa shape index (κ3) is 11.1. The molecule has 0 amide bonds. The van der Waals surface area contributed by atoms with Crippen LogP contribution >= 0.6 is 15.8 Å². The molecule has 1 aliphatic carbocycles. The molecule has 41 heavy (non-hydrogen) atoms. The van der Waals surface area contributed by atoms with E-state index in [0.29, 0.717) is 11.3 Å². The van der Waals surface area contributed by atoms with Crippen LogP contribution in [-0.4, -0.2) is 38.5 Å². The second-order valence-corrected chi connectivity index (χ2v) is 13.4. The molecule has 214 valence electrons. The first-order valence-electron chi connectivity index (χ1n) is 12.9. The summed E-state index contributed by atoms with van der Waals surface area (Å²) in [4.78, 5) is 32.0. The third-order valence-electron chi connectivity index (χ3n) is 6.49. The summed E-state index contributed by atoms with van der Waals surface area (Å²) in [5, 5.41) is 6.12. The van der Waals surface area contributed by atoms with Crippen LogP contribution in [0.15, 0.2) is 121 Å². The Bertz CT molecular complexity index is 992. The Morgan fingerprint density at radius 1 is 0.390 bits per heavy atom. The van der Waals surface area contributed by atoms with Gasteiger partial charge in [0.15, 0.2) is 0 Å². The summed E-state index contributed by atoms with van der Waals surface area (Å²) in [7, 11) is -0.811. The predicted molar refractivity (Wildman–Crippen MR) is 173 cm³/mol. The van der Waals surface area contributed by atoms with E-state index in [1.165, 1.54) is 46.9 Å². The van der Waals surface area contributed by atoms with Gasteiger partial charge in [0.05, 0.1) is 0 Å². The quantitative estimate of drug-likeness (QED) is 0.192. The minimum Gasteiger partial charge on any atom is -0.307 e. The van der Waals surface area contributed by atoms with Crippen molar-refractivity contribution in [1.29, 1.82) is 0 Å². The Kier molecular flexibility index (Phi) is 22.1. The molecule has 0 radical (unpaired) electrons. The molecule has 7 heteroatoms. The van der Waals surface area contributed by atoms with E-state index in [0.717, 1.165) is 0 Å². The fourth-order valence-electron chi connectivity index (χ4n) is 5.11. The molecule has 0 N–H and O–H groups in total. The van der Waals surface area contributed by atoms with Crippen LogP contribution in [0.25, 0.3) is 0 Å². The van der Waals surface area contributed by atoms with Gasteiger partial charge >= 0.3 is 0 Å². The average molecular weight is 669 g/mol. The maximum Gasteiger partial charge on any atom is 0.106 e. The molecule has 0 aromatic heterocycles. The Hall–Kier alpha value is -2.89. The Labute approximate surface area is 261 Å². The molecule has 0 bridgehead atoms. The van der Waals surface area contributed by atoms with E-state index in [1.54, 1.807) is 0 Å². The van der Waals surface area contributed by atoms with Crippen molar-refractivity contribution < 1.29 is 40.2 Å². The Balaban J connectivity index is 0.00000164. The minimum atomic E-state index is -0.405. The number of hydrogen-bond donors (Lipinski definition) is 0. The molecule has 2 atom stereocenters. The second-order valence-electron chi connectivity index (χ2n) is 8.50. The van der Waals surface area contributed by atoms with Gasteiger partial charge in [-0.05, 0) is 61.2 Å². The molecule has 0 aliphatic heterocycles. The van der Waals surface area contributed by atoms with Crippen LogP contribution in [0.5, 0.6) is 0 Å². The van der Waals surface area contributed by atoms with Crippen LogP contribution in [0.2, 0.25) is 0 Å². The zero-order chi connectivity index (χ0) is 29.6. The van der Waals surface area contributed by atoms with Crippen molar-refractivity contribution in [3.05, 3.63) is 121 Å². The SMILES string of the molecule is C=O.C=O.C=O.C=O.[Mo].c1ccc(P(c2ccccc2)[C@@H]2CCCC[C@H]2P(c2ccccc2)c2ccccc2)cc1. The van der Waals surface area contributed by atoms with Gasteiger partial charge in [-0.25, -0.2) is 0 Å². The van der Waals surface area contributed by atoms with Crippen molar-refractivity contribution in [1.82, 2.24) is 0 Å². The van der Waals surface area contributed by atoms with E-state index in [4.69, 9.17) is 19.2 Å². The van der Waals surface area contributed by atoms with Crippen molar-refractivity contribution in [2.75, 3.05) is 0 Å². The molecule has 1 fully saturated rings. The number of carbonyl (C=O) groups excluding carboxylic acids is 4. The molecule has 0 unspecified atom stereocenters. The summed E-state index contributed by atoms with van der Waals surface area (Å²) in [5.74, 6) is 0. The molecule has 1 saturated carbocycles. The molecular weight excluding hydrogens is 630 g/mol. The standard InChI is InChI=1S/C30H30P2.4CH2O.Mo/c1-5-15-25(16-6-1)31(26-17-7-2-8-18-26)29-23-13-14-24-30(29)32(27-19-9-3-10-20-27)28-21-11-4-12-22-28;4*1-2;/h1-12,15-22,29-30H,13-14,23-24H2;4*1H2;/t29-,30-;;;;;/m1...../s1. The van der Waals surface area contributed by atoms with Crippen molar-refractivity contribution in [2.24, 2.45) is 0 Å². The minimum absolute atomic E-state index is 0. The first-order valence-corrected chi connectivity index (χ1v) is 15.7. The van der Waals surface area contributed by atoms with Gasteiger partial charge in [0, 0.05) is 21.1 Å². The van der Waals surface area contributed by atoms with Gasteiger partial charge in [0.2, 0.25) is 0 Å². The largest absolute Gasteiger partial charge is 0.307 e. The topological polar surface area (TPSA) is 68.3 Å². The third-order valence-corrected chi connectivity index (χ3v) is 12.7. The predicted octanol–water partition coefficient (Wildman–Crippen LogP) is 5.82. The fraction of sp³-hybridized carbons (Fsp3) is 0.176. The van der Waals surface area contributed by atoms with Crippen LogP contribution in [-0.2, 0) is 40.2 Å². The van der Waals surface area contributed by atoms with Gasteiger partial charge in [-0.2, -0.15) is 0 Å². The zero-order valence-electron chi connectivity index (χ0n) is 23.3. The van der Waals surface area contributed by atoms with Crippen molar-refractivity contribution >= 4 is 64.2 Å². The maximum absolute atomic E-state index is 8.00. The van der Waals surface area contributed by atoms with Crippen molar-refractivity contribution in [3.8, 4) is 0 Å². The van der Waals surface area contributed by atoms with Crippen molar-refractivity contribution in [3.63, 3.8) is 0 Å². The monoisotopic (exact) mass is 670 g/mol. The van der Waals surface area contributed by atoms with E-state index in [1.807, 2.05) is 27.2 Å². The molecule has 4 aromatic rings. The summed E-state index contributed by atoms with van der Waals surface area (Å²) in [5.41, 5.74) is 1.41. The fourth-order valence-corrected chi connectivity index (χ4v) is 11.9. The molecule has 5 rings (SSSR count). The summed E-state index contributed by atoms with van der Waals surface area (Å²) < 4.78 is 0. The summed E-state index contributed by atoms with van der Waals surface area (Å²) in [6.45, 7) is 8.00. The van der Waals surface area contributed by atoms with Gasteiger partial charge in [-0.15, -0.1) is 0 Å². The van der Waals surface area contributed by atoms with E-state index in [9.17, 15) is 0 Å². The molecule has 0 spiro atoms. The molecule has 4 aromatic carbocycles. The molecule has 1 aliphatic rings. The summed E-state index contributed by atoms with van der Waals surface area (Å²) in [6.07, 6.45) is 5.37. The van der Waals surface area contributed by atoms with E-state index in [-0.39, 0.29) is 21.1 Å². The van der Waals surface area contributed by atoms with Crippen LogP contribution in [0, 0.1) is 0 Å². The Morgan fingerprint density at radius 3 is 0.780 bits per heavy atom. The van der Waals surface area contributed by atoms with E-state index >= 15 is 0 Å². The normalized spacial score (nSPS) is 15.0. The zero-order valence-corrected chi connectivity index (χ0v) is 27.1. The number of carbonyl (C=O) groups is 4. The number of rotatable bonds is 6. The average Bonchev–Trinajstić information content (AvgIpc) is 3.08. The van der Waals surface area contributed by atoms with Gasteiger partial charge in [-0.1, -0.05) is 134 Å². The molecule has 0 saturated heterocycles. The summed E-state index contributed by atoms with van der Waals surface area (Å²) >= 11 is 0. The van der Waals surface area contributed by atoms with Gasteiger partial charge < -0.3 is 19.2 Å². The smallest absolute Gasteiger partial charge is 0.106 e. The number of hydrogen-bond acceptors (Lipinski definition) is 4. The van der Waals surface area contributed by atoms with E-state index in [2.05, 4.69) is 121 Å². The van der Waals surface area contributed by atoms with E-state index < -0.39 is 15.8 Å². The Morgan fingerprint density at radius 2 is 0.585 bits per heavy atom. The number of benzene rings is 4. The first-order chi connectivity index (χ1) is 19.9. The van der Waals surface area contributed by atoms with Gasteiger partial charge in [-0.3, -0.25) is 0 Å². The molecule has 4 nitrogen and oxygen atoms in total. The van der Waals surface area contributed by atoms with Crippen LogP contribution in [0.1, 0.15) is 25.7 Å². The van der Waals surface area contributed by atoms with Crippen LogP contribution in [0.4, 0.5) is 0 Å². The molecular formula is C34H38MoO4P2. The summed E-state index contributed by atoms with van der Waals surface area (Å²) in [6, 6.07) is 45.4. The van der Waals surface area contributed by atoms with Gasteiger partial charge in [0.1, 0.15) is 27.2 Å². The second kappa shape index (κ2) is 23.8. The van der Waals surface area contributed by atoms with Crippen molar-refractivity contribution in [2.45, 2.75) is 37.0 Å². The van der Waals surface area contributed by atoms with Crippen LogP contribution < -0.4 is 21.2 Å².